The highest BCUT2D eigenvalue weighted by Gasteiger charge is 2.51. The maximum atomic E-state index is 13.9. The van der Waals surface area contributed by atoms with Crippen LogP contribution in [0.5, 0.6) is 0 Å². The number of cyclic esters (lactones) is 1. The molecule has 0 unspecified atom stereocenters. The summed E-state index contributed by atoms with van der Waals surface area (Å²) in [7, 11) is 0. The van der Waals surface area contributed by atoms with E-state index in [-0.39, 0.29) is 24.6 Å². The van der Waals surface area contributed by atoms with Crippen molar-refractivity contribution in [3.8, 4) is 0 Å². The number of nitrogens with zero attached hydrogens (tertiary/aromatic N) is 2. The lowest BCUT2D eigenvalue weighted by atomic mass is 9.88. The molecule has 0 radical (unpaired) electrons. The maximum Gasteiger partial charge on any atom is 0.416 e. The van der Waals surface area contributed by atoms with Gasteiger partial charge in [0.05, 0.1) is 29.8 Å². The average molecular weight is 443 g/mol. The molecule has 0 aromatic heterocycles. The minimum Gasteiger partial charge on any atom is -0.447 e. The van der Waals surface area contributed by atoms with Crippen LogP contribution in [-0.2, 0) is 20.8 Å². The SMILES string of the molecule is C[C@H]1ON(c2ccccc2)[C@@H](c2ccccc2)[C@@H]1C(=O)N1C(=O)OC[C@@H]1Cc1ccccc1. The van der Waals surface area contributed by atoms with Gasteiger partial charge in [-0.2, -0.15) is 0 Å². The number of benzene rings is 3. The molecule has 0 bridgehead atoms. The predicted octanol–water partition coefficient (Wildman–Crippen LogP) is 4.77. The molecule has 33 heavy (non-hydrogen) atoms. The molecule has 0 N–H and O–H groups in total. The number of hydrogen-bond acceptors (Lipinski definition) is 5. The Morgan fingerprint density at radius 1 is 0.909 bits per heavy atom. The van der Waals surface area contributed by atoms with Crippen molar-refractivity contribution in [2.24, 2.45) is 5.92 Å². The van der Waals surface area contributed by atoms with E-state index in [2.05, 4.69) is 0 Å². The van der Waals surface area contributed by atoms with Crippen LogP contribution in [0.2, 0.25) is 0 Å². The Morgan fingerprint density at radius 3 is 2.18 bits per heavy atom. The second-order valence-electron chi connectivity index (χ2n) is 8.48. The number of anilines is 1. The Labute approximate surface area is 193 Å². The maximum absolute atomic E-state index is 13.9. The zero-order chi connectivity index (χ0) is 22.8. The van der Waals surface area contributed by atoms with Gasteiger partial charge in [-0.1, -0.05) is 78.9 Å². The van der Waals surface area contributed by atoms with E-state index < -0.39 is 18.1 Å². The highest BCUT2D eigenvalue weighted by molar-refractivity contribution is 5.96. The number of carbonyl (C=O) groups is 2. The van der Waals surface area contributed by atoms with Gasteiger partial charge in [0, 0.05) is 0 Å². The van der Waals surface area contributed by atoms with Crippen molar-refractivity contribution in [2.75, 3.05) is 11.7 Å². The number of hydroxylamine groups is 1. The highest BCUT2D eigenvalue weighted by Crippen LogP contribution is 2.43. The first kappa shape index (κ1) is 21.2. The standard InChI is InChI=1S/C27H26N2O4/c1-19-24(26(30)28-23(18-32-27(28)31)17-20-11-5-2-6-12-20)25(21-13-7-3-8-14-21)29(33-19)22-15-9-4-10-16-22/h2-16,19,23-25H,17-18H2,1H3/t19-,23+,24-,25+/m1/s1. The fraction of sp³-hybridized carbons (Fsp3) is 0.259. The number of hydrogen-bond donors (Lipinski definition) is 0. The third kappa shape index (κ3) is 4.10. The van der Waals surface area contributed by atoms with Crippen LogP contribution in [-0.4, -0.2) is 35.7 Å². The second kappa shape index (κ2) is 9.08. The first-order chi connectivity index (χ1) is 16.1. The number of ether oxygens (including phenoxy) is 1. The fourth-order valence-corrected chi connectivity index (χ4v) is 4.77. The lowest BCUT2D eigenvalue weighted by molar-refractivity contribution is -0.135. The lowest BCUT2D eigenvalue weighted by Crippen LogP contribution is -2.46. The molecule has 2 aliphatic heterocycles. The van der Waals surface area contributed by atoms with E-state index in [4.69, 9.17) is 9.57 Å². The molecule has 0 spiro atoms. The molecule has 4 atom stereocenters. The van der Waals surface area contributed by atoms with E-state index >= 15 is 0 Å². The van der Waals surface area contributed by atoms with Crippen LogP contribution in [0.25, 0.3) is 0 Å². The van der Waals surface area contributed by atoms with E-state index in [9.17, 15) is 9.59 Å². The van der Waals surface area contributed by atoms with Crippen molar-refractivity contribution in [2.45, 2.75) is 31.5 Å². The van der Waals surface area contributed by atoms with Gasteiger partial charge >= 0.3 is 6.09 Å². The molecule has 2 heterocycles. The molecule has 6 nitrogen and oxygen atoms in total. The quantitative estimate of drug-likeness (QED) is 0.570. The molecular formula is C27H26N2O4. The Morgan fingerprint density at radius 2 is 1.52 bits per heavy atom. The van der Waals surface area contributed by atoms with Crippen molar-refractivity contribution in [1.29, 1.82) is 0 Å². The van der Waals surface area contributed by atoms with Crippen molar-refractivity contribution in [3.63, 3.8) is 0 Å². The fourth-order valence-electron chi connectivity index (χ4n) is 4.77. The van der Waals surface area contributed by atoms with Crippen molar-refractivity contribution in [1.82, 2.24) is 4.90 Å². The van der Waals surface area contributed by atoms with Gasteiger partial charge < -0.3 is 4.74 Å². The second-order valence-corrected chi connectivity index (χ2v) is 8.48. The third-order valence-corrected chi connectivity index (χ3v) is 6.33. The molecule has 5 rings (SSSR count). The zero-order valence-corrected chi connectivity index (χ0v) is 18.4. The van der Waals surface area contributed by atoms with Crippen molar-refractivity contribution in [3.05, 3.63) is 102 Å². The molecule has 2 aliphatic rings. The average Bonchev–Trinajstić information content (AvgIpc) is 3.40. The smallest absolute Gasteiger partial charge is 0.416 e. The van der Waals surface area contributed by atoms with Gasteiger partial charge in [0.1, 0.15) is 6.61 Å². The summed E-state index contributed by atoms with van der Waals surface area (Å²) in [5.74, 6) is -0.838. The zero-order valence-electron chi connectivity index (χ0n) is 18.4. The van der Waals surface area contributed by atoms with E-state index in [1.54, 1.807) is 5.06 Å². The number of amides is 2. The summed E-state index contributed by atoms with van der Waals surface area (Å²) in [6.45, 7) is 2.08. The molecule has 3 aromatic rings. The summed E-state index contributed by atoms with van der Waals surface area (Å²) in [6.07, 6.45) is -0.453. The monoisotopic (exact) mass is 442 g/mol. The van der Waals surface area contributed by atoms with Gasteiger partial charge in [-0.3, -0.25) is 9.63 Å². The molecule has 2 fully saturated rings. The van der Waals surface area contributed by atoms with Crippen LogP contribution in [0.4, 0.5) is 10.5 Å². The Kier molecular flexibility index (Phi) is 5.84. The van der Waals surface area contributed by atoms with E-state index in [1.165, 1.54) is 4.90 Å². The molecule has 0 saturated carbocycles. The third-order valence-electron chi connectivity index (χ3n) is 6.33. The van der Waals surface area contributed by atoms with Crippen LogP contribution >= 0.6 is 0 Å². The molecular weight excluding hydrogens is 416 g/mol. The van der Waals surface area contributed by atoms with Crippen LogP contribution in [0.3, 0.4) is 0 Å². The summed E-state index contributed by atoms with van der Waals surface area (Å²) in [4.78, 5) is 34.2. The van der Waals surface area contributed by atoms with Crippen molar-refractivity contribution >= 4 is 17.7 Å². The molecule has 3 aromatic carbocycles. The molecule has 2 saturated heterocycles. The largest absolute Gasteiger partial charge is 0.447 e. The minimum absolute atomic E-state index is 0.194. The van der Waals surface area contributed by atoms with Crippen LogP contribution in [0.15, 0.2) is 91.0 Å². The first-order valence-corrected chi connectivity index (χ1v) is 11.2. The molecule has 6 heteroatoms. The van der Waals surface area contributed by atoms with Gasteiger partial charge in [-0.05, 0) is 36.6 Å². The van der Waals surface area contributed by atoms with Crippen molar-refractivity contribution < 1.29 is 19.2 Å². The van der Waals surface area contributed by atoms with Gasteiger partial charge in [0.25, 0.3) is 0 Å². The van der Waals surface area contributed by atoms with E-state index in [0.717, 1.165) is 16.8 Å². The highest BCUT2D eigenvalue weighted by atomic mass is 16.7. The molecule has 168 valence electrons. The number of rotatable bonds is 5. The lowest BCUT2D eigenvalue weighted by Gasteiger charge is -2.29. The summed E-state index contributed by atoms with van der Waals surface area (Å²) in [5, 5.41) is 1.80. The van der Waals surface area contributed by atoms with Crippen LogP contribution in [0, 0.1) is 5.92 Å². The Hall–Kier alpha value is -3.64. The number of imide groups is 1. The van der Waals surface area contributed by atoms with E-state index in [1.807, 2.05) is 97.9 Å². The van der Waals surface area contributed by atoms with Crippen LogP contribution in [0.1, 0.15) is 24.1 Å². The normalized spacial score (nSPS) is 24.7. The Balaban J connectivity index is 1.49. The summed E-state index contributed by atoms with van der Waals surface area (Å²) in [6, 6.07) is 28.7. The number of carbonyl (C=O) groups excluding carboxylic acids is 2. The summed E-state index contributed by atoms with van der Waals surface area (Å²) >= 11 is 0. The van der Waals surface area contributed by atoms with Gasteiger partial charge in [0.15, 0.2) is 0 Å². The predicted molar refractivity (Wildman–Crippen MR) is 124 cm³/mol. The van der Waals surface area contributed by atoms with Gasteiger partial charge in [-0.15, -0.1) is 0 Å². The minimum atomic E-state index is -0.585. The van der Waals surface area contributed by atoms with Crippen LogP contribution < -0.4 is 5.06 Å². The van der Waals surface area contributed by atoms with Gasteiger partial charge in [-0.25, -0.2) is 14.8 Å². The summed E-state index contributed by atoms with van der Waals surface area (Å²) < 4.78 is 5.33. The molecule has 0 aliphatic carbocycles. The Bertz CT molecular complexity index is 1110. The number of para-hydroxylation sites is 1. The summed E-state index contributed by atoms with van der Waals surface area (Å²) in [5.41, 5.74) is 2.87. The molecule has 2 amide bonds. The van der Waals surface area contributed by atoms with E-state index in [0.29, 0.717) is 6.42 Å². The van der Waals surface area contributed by atoms with Gasteiger partial charge in [0.2, 0.25) is 5.91 Å². The topological polar surface area (TPSA) is 59.1 Å². The first-order valence-electron chi connectivity index (χ1n) is 11.2.